The summed E-state index contributed by atoms with van der Waals surface area (Å²) in [5.74, 6) is 1.68. The number of ether oxygens (including phenoxy) is 2. The molecule has 0 amide bonds. The van der Waals surface area contributed by atoms with Crippen molar-refractivity contribution in [3.05, 3.63) is 84.0 Å². The van der Waals surface area contributed by atoms with Gasteiger partial charge in [0.2, 0.25) is 0 Å². The maximum absolute atomic E-state index is 13.9. The zero-order chi connectivity index (χ0) is 18.9. The van der Waals surface area contributed by atoms with Crippen molar-refractivity contribution < 1.29 is 18.3 Å². The third-order valence-electron chi connectivity index (χ3n) is 4.54. The molecule has 0 unspecified atom stereocenters. The molecule has 0 radical (unpaired) electrons. The van der Waals surface area contributed by atoms with Crippen molar-refractivity contribution in [3.63, 3.8) is 0 Å². The minimum absolute atomic E-state index is 0.334. The Bertz CT molecular complexity index is 1230. The maximum Gasteiger partial charge on any atom is 0.162 e. The first-order chi connectivity index (χ1) is 13.8. The quantitative estimate of drug-likeness (QED) is 0.482. The molecule has 0 saturated heterocycles. The van der Waals surface area contributed by atoms with Gasteiger partial charge in [-0.25, -0.2) is 9.38 Å². The first kappa shape index (κ1) is 16.6. The van der Waals surface area contributed by atoms with Gasteiger partial charge in [0.15, 0.2) is 11.5 Å². The van der Waals surface area contributed by atoms with Crippen LogP contribution in [0.25, 0.3) is 22.3 Å². The van der Waals surface area contributed by atoms with Crippen LogP contribution in [-0.4, -0.2) is 13.2 Å². The maximum atomic E-state index is 13.9. The molecule has 4 nitrogen and oxygen atoms in total. The van der Waals surface area contributed by atoms with Gasteiger partial charge in [0.05, 0.1) is 11.0 Å². The van der Waals surface area contributed by atoms with Gasteiger partial charge in [-0.15, -0.1) is 0 Å². The summed E-state index contributed by atoms with van der Waals surface area (Å²) in [6, 6.07) is 21.5. The van der Waals surface area contributed by atoms with E-state index in [4.69, 9.17) is 18.9 Å². The molecule has 0 N–H and O–H groups in total. The van der Waals surface area contributed by atoms with Crippen LogP contribution in [0, 0.1) is 5.82 Å². The van der Waals surface area contributed by atoms with E-state index in [1.165, 1.54) is 12.1 Å². The zero-order valence-electron chi connectivity index (χ0n) is 14.9. The van der Waals surface area contributed by atoms with Crippen molar-refractivity contribution in [3.8, 4) is 22.8 Å². The van der Waals surface area contributed by atoms with Crippen molar-refractivity contribution in [2.24, 2.45) is 4.99 Å². The number of rotatable bonds is 2. The van der Waals surface area contributed by atoms with E-state index in [2.05, 4.69) is 0 Å². The standard InChI is InChI=1S/C23H16FNO3/c24-16-7-9-20-18(13-16)19(25-17-4-2-1-3-5-17)14-22(28-20)15-6-8-21-23(12-15)27-11-10-26-21/h1-9,12-14H,10-11H2. The van der Waals surface area contributed by atoms with Crippen LogP contribution in [0.2, 0.25) is 0 Å². The lowest BCUT2D eigenvalue weighted by Crippen LogP contribution is -2.15. The fraction of sp³-hybridized carbons (Fsp3) is 0.0870. The summed E-state index contributed by atoms with van der Waals surface area (Å²) < 4.78 is 31.2. The van der Waals surface area contributed by atoms with Gasteiger partial charge in [-0.3, -0.25) is 0 Å². The Labute approximate surface area is 160 Å². The average Bonchev–Trinajstić information content (AvgIpc) is 2.74. The van der Waals surface area contributed by atoms with Crippen molar-refractivity contribution >= 4 is 16.7 Å². The van der Waals surface area contributed by atoms with Crippen molar-refractivity contribution in [2.45, 2.75) is 0 Å². The Hall–Kier alpha value is -3.60. The first-order valence-corrected chi connectivity index (χ1v) is 8.99. The molecule has 1 aliphatic rings. The average molecular weight is 373 g/mol. The largest absolute Gasteiger partial charge is 0.486 e. The summed E-state index contributed by atoms with van der Waals surface area (Å²) in [5.41, 5.74) is 2.18. The van der Waals surface area contributed by atoms with E-state index in [0.717, 1.165) is 11.3 Å². The summed E-state index contributed by atoms with van der Waals surface area (Å²) >= 11 is 0. The van der Waals surface area contributed by atoms with Crippen LogP contribution in [0.4, 0.5) is 10.1 Å². The molecule has 2 heterocycles. The molecule has 1 aliphatic heterocycles. The third kappa shape index (κ3) is 3.11. The Morgan fingerprint density at radius 3 is 2.46 bits per heavy atom. The molecular weight excluding hydrogens is 357 g/mol. The topological polar surface area (TPSA) is 44.0 Å². The second-order valence-electron chi connectivity index (χ2n) is 6.44. The molecule has 0 spiro atoms. The number of hydrogen-bond donors (Lipinski definition) is 0. The van der Waals surface area contributed by atoms with Crippen LogP contribution < -0.4 is 14.8 Å². The van der Waals surface area contributed by atoms with E-state index in [0.29, 0.717) is 46.8 Å². The van der Waals surface area contributed by atoms with Gasteiger partial charge in [-0.1, -0.05) is 18.2 Å². The smallest absolute Gasteiger partial charge is 0.162 e. The highest BCUT2D eigenvalue weighted by molar-refractivity contribution is 5.79. The van der Waals surface area contributed by atoms with Gasteiger partial charge in [-0.2, -0.15) is 0 Å². The molecule has 28 heavy (non-hydrogen) atoms. The number of para-hydroxylation sites is 1. The highest BCUT2D eigenvalue weighted by Gasteiger charge is 2.14. The normalized spacial score (nSPS) is 13.7. The van der Waals surface area contributed by atoms with Gasteiger partial charge in [0.25, 0.3) is 0 Å². The van der Waals surface area contributed by atoms with E-state index in [1.807, 2.05) is 54.6 Å². The van der Waals surface area contributed by atoms with Crippen LogP contribution in [-0.2, 0) is 0 Å². The Morgan fingerprint density at radius 1 is 0.786 bits per heavy atom. The van der Waals surface area contributed by atoms with Gasteiger partial charge in [0.1, 0.15) is 30.4 Å². The van der Waals surface area contributed by atoms with E-state index in [-0.39, 0.29) is 5.82 Å². The van der Waals surface area contributed by atoms with Gasteiger partial charge < -0.3 is 13.9 Å². The SMILES string of the molecule is Fc1ccc2oc(-c3ccc4c(c3)OCCO4)cc(=Nc3ccccc3)c2c1. The molecule has 3 aromatic carbocycles. The highest BCUT2D eigenvalue weighted by Crippen LogP contribution is 2.35. The van der Waals surface area contributed by atoms with Gasteiger partial charge in [0, 0.05) is 17.0 Å². The highest BCUT2D eigenvalue weighted by atomic mass is 19.1. The van der Waals surface area contributed by atoms with Crippen molar-refractivity contribution in [1.29, 1.82) is 0 Å². The van der Waals surface area contributed by atoms with E-state index < -0.39 is 0 Å². The molecule has 0 bridgehead atoms. The molecule has 0 saturated carbocycles. The number of benzene rings is 3. The number of hydrogen-bond acceptors (Lipinski definition) is 4. The van der Waals surface area contributed by atoms with E-state index in [1.54, 1.807) is 6.07 Å². The second-order valence-corrected chi connectivity index (χ2v) is 6.44. The van der Waals surface area contributed by atoms with Crippen molar-refractivity contribution in [2.75, 3.05) is 13.2 Å². The van der Waals surface area contributed by atoms with Crippen LogP contribution in [0.3, 0.4) is 0 Å². The molecule has 5 rings (SSSR count). The summed E-state index contributed by atoms with van der Waals surface area (Å²) in [6.45, 7) is 1.05. The lowest BCUT2D eigenvalue weighted by atomic mass is 10.1. The summed E-state index contributed by atoms with van der Waals surface area (Å²) in [7, 11) is 0. The lowest BCUT2D eigenvalue weighted by Gasteiger charge is -2.18. The van der Waals surface area contributed by atoms with Crippen LogP contribution in [0.5, 0.6) is 11.5 Å². The minimum atomic E-state index is -0.334. The van der Waals surface area contributed by atoms with Gasteiger partial charge >= 0.3 is 0 Å². The lowest BCUT2D eigenvalue weighted by molar-refractivity contribution is 0.171. The molecule has 0 aliphatic carbocycles. The van der Waals surface area contributed by atoms with E-state index >= 15 is 0 Å². The molecule has 4 aromatic rings. The fourth-order valence-corrected chi connectivity index (χ4v) is 3.21. The predicted octanol–water partition coefficient (Wildman–Crippen LogP) is 5.24. The van der Waals surface area contributed by atoms with Crippen LogP contribution in [0.1, 0.15) is 0 Å². The number of halogens is 1. The summed E-state index contributed by atoms with van der Waals surface area (Å²) in [6.07, 6.45) is 0. The fourth-order valence-electron chi connectivity index (χ4n) is 3.21. The predicted molar refractivity (Wildman–Crippen MR) is 104 cm³/mol. The van der Waals surface area contributed by atoms with Crippen LogP contribution >= 0.6 is 0 Å². The molecular formula is C23H16FNO3. The molecule has 1 aromatic heterocycles. The third-order valence-corrected chi connectivity index (χ3v) is 4.54. The second kappa shape index (κ2) is 6.85. The monoisotopic (exact) mass is 373 g/mol. The molecule has 0 atom stereocenters. The molecule has 138 valence electrons. The Balaban J connectivity index is 1.73. The summed E-state index contributed by atoms with van der Waals surface area (Å²) in [4.78, 5) is 4.70. The molecule has 5 heteroatoms. The number of fused-ring (bicyclic) bond motifs is 2. The number of nitrogens with zero attached hydrogens (tertiary/aromatic N) is 1. The minimum Gasteiger partial charge on any atom is -0.486 e. The van der Waals surface area contributed by atoms with Gasteiger partial charge in [-0.05, 0) is 48.5 Å². The van der Waals surface area contributed by atoms with Crippen molar-refractivity contribution in [1.82, 2.24) is 0 Å². The molecule has 0 fully saturated rings. The first-order valence-electron chi connectivity index (χ1n) is 8.99. The summed E-state index contributed by atoms with van der Waals surface area (Å²) in [5, 5.41) is 1.25. The zero-order valence-corrected chi connectivity index (χ0v) is 14.9. The Morgan fingerprint density at radius 2 is 1.61 bits per heavy atom. The van der Waals surface area contributed by atoms with Crippen LogP contribution in [0.15, 0.2) is 82.2 Å². The Kier molecular flexibility index (Phi) is 4.05. The van der Waals surface area contributed by atoms with E-state index in [9.17, 15) is 4.39 Å².